The van der Waals surface area contributed by atoms with Crippen LogP contribution in [-0.2, 0) is 20.8 Å². The van der Waals surface area contributed by atoms with Gasteiger partial charge in [-0.3, -0.25) is 4.79 Å². The van der Waals surface area contributed by atoms with Gasteiger partial charge in [0.15, 0.2) is 5.69 Å². The van der Waals surface area contributed by atoms with Crippen LogP contribution in [0.3, 0.4) is 0 Å². The molecule has 1 aromatic heterocycles. The molecule has 0 spiro atoms. The van der Waals surface area contributed by atoms with Crippen LogP contribution in [0, 0.1) is 0 Å². The van der Waals surface area contributed by atoms with E-state index in [-0.39, 0.29) is 18.8 Å². The molecule has 1 aromatic rings. The van der Waals surface area contributed by atoms with Crippen molar-refractivity contribution in [3.05, 3.63) is 11.9 Å². The Bertz CT molecular complexity index is 390. The molecule has 0 atom stereocenters. The Balaban J connectivity index is 2.32. The van der Waals surface area contributed by atoms with Gasteiger partial charge in [-0.05, 0) is 6.92 Å². The first-order chi connectivity index (χ1) is 8.13. The van der Waals surface area contributed by atoms with Gasteiger partial charge < -0.3 is 14.6 Å². The van der Waals surface area contributed by atoms with Crippen LogP contribution in [0.5, 0.6) is 0 Å². The molecule has 0 saturated heterocycles. The van der Waals surface area contributed by atoms with Crippen LogP contribution in [-0.4, -0.2) is 51.9 Å². The smallest absolute Gasteiger partial charge is 0.358 e. The summed E-state index contributed by atoms with van der Waals surface area (Å²) in [5.41, 5.74) is -0.216. The summed E-state index contributed by atoms with van der Waals surface area (Å²) in [6.07, 6.45) is 1.16. The highest BCUT2D eigenvalue weighted by Crippen LogP contribution is 1.93. The highest BCUT2D eigenvalue weighted by atomic mass is 16.6. The van der Waals surface area contributed by atoms with E-state index in [1.165, 1.54) is 0 Å². The number of carbonyl (C=O) groups is 2. The number of carboxylic acid groups (broad SMARTS) is 1. The lowest BCUT2D eigenvalue weighted by molar-refractivity contribution is -0.146. The minimum atomic E-state index is -1.19. The first-order valence-corrected chi connectivity index (χ1v) is 5.00. The number of carbonyl (C=O) groups excluding carboxylic acids is 1. The van der Waals surface area contributed by atoms with Crippen molar-refractivity contribution in [2.45, 2.75) is 13.5 Å². The number of carboxylic acids is 1. The summed E-state index contributed by atoms with van der Waals surface area (Å²) in [5, 5.41) is 15.4. The second kappa shape index (κ2) is 6.59. The number of nitrogens with zero attached hydrogens (tertiary/aromatic N) is 3. The van der Waals surface area contributed by atoms with Gasteiger partial charge >= 0.3 is 11.9 Å². The second-order valence-corrected chi connectivity index (χ2v) is 3.02. The van der Waals surface area contributed by atoms with Crippen LogP contribution in [0.4, 0.5) is 0 Å². The van der Waals surface area contributed by atoms with E-state index >= 15 is 0 Å². The molecule has 0 saturated carbocycles. The lowest BCUT2D eigenvalue weighted by atomic mass is 10.5. The van der Waals surface area contributed by atoms with Gasteiger partial charge in [0, 0.05) is 6.61 Å². The zero-order valence-corrected chi connectivity index (χ0v) is 9.33. The van der Waals surface area contributed by atoms with Crippen LogP contribution in [0.2, 0.25) is 0 Å². The highest BCUT2D eigenvalue weighted by molar-refractivity contribution is 5.84. The molecule has 0 aliphatic carbocycles. The molecule has 1 N–H and O–H groups in total. The van der Waals surface area contributed by atoms with E-state index in [0.717, 1.165) is 10.9 Å². The first kappa shape index (κ1) is 13.1. The summed E-state index contributed by atoms with van der Waals surface area (Å²) in [7, 11) is 0. The predicted octanol–water partition coefficient (Wildman–Crippen LogP) is -0.444. The van der Waals surface area contributed by atoms with Crippen molar-refractivity contribution in [3.8, 4) is 0 Å². The number of ether oxygens (including phenoxy) is 2. The molecule has 0 bridgehead atoms. The third-order valence-corrected chi connectivity index (χ3v) is 1.74. The normalized spacial score (nSPS) is 10.2. The van der Waals surface area contributed by atoms with E-state index in [4.69, 9.17) is 14.6 Å². The summed E-state index contributed by atoms with van der Waals surface area (Å²) < 4.78 is 10.9. The van der Waals surface area contributed by atoms with Gasteiger partial charge in [-0.15, -0.1) is 5.10 Å². The molecule has 17 heavy (non-hydrogen) atoms. The molecule has 94 valence electrons. The van der Waals surface area contributed by atoms with E-state index < -0.39 is 11.9 Å². The Morgan fingerprint density at radius 1 is 1.47 bits per heavy atom. The largest absolute Gasteiger partial charge is 0.476 e. The van der Waals surface area contributed by atoms with Crippen molar-refractivity contribution >= 4 is 11.9 Å². The van der Waals surface area contributed by atoms with E-state index in [1.807, 2.05) is 6.92 Å². The molecule has 0 amide bonds. The molecule has 8 nitrogen and oxygen atoms in total. The van der Waals surface area contributed by atoms with Gasteiger partial charge in [0.1, 0.15) is 13.2 Å². The standard InChI is InChI=1S/C9H13N3O5/c1-2-16-3-4-17-8(13)6-12-5-7(9(14)15)10-11-12/h5H,2-4,6H2,1H3,(H,14,15). The fraction of sp³-hybridized carbons (Fsp3) is 0.556. The van der Waals surface area contributed by atoms with Crippen molar-refractivity contribution in [2.24, 2.45) is 0 Å². The predicted molar refractivity (Wildman–Crippen MR) is 54.4 cm³/mol. The molecule has 1 heterocycles. The van der Waals surface area contributed by atoms with Gasteiger partial charge in [-0.2, -0.15) is 0 Å². The maximum atomic E-state index is 11.2. The SMILES string of the molecule is CCOCCOC(=O)Cn1cc(C(=O)O)nn1. The Labute approximate surface area is 97.1 Å². The zero-order valence-electron chi connectivity index (χ0n) is 9.33. The average Bonchev–Trinajstić information content (AvgIpc) is 2.73. The van der Waals surface area contributed by atoms with E-state index in [9.17, 15) is 9.59 Å². The summed E-state index contributed by atoms with van der Waals surface area (Å²) in [5.74, 6) is -1.72. The number of esters is 1. The Morgan fingerprint density at radius 2 is 2.24 bits per heavy atom. The summed E-state index contributed by atoms with van der Waals surface area (Å²) in [6, 6.07) is 0. The summed E-state index contributed by atoms with van der Waals surface area (Å²) in [6.45, 7) is 2.72. The fourth-order valence-corrected chi connectivity index (χ4v) is 1.01. The van der Waals surface area contributed by atoms with Gasteiger partial charge in [-0.1, -0.05) is 5.21 Å². The molecule has 1 rings (SSSR count). The molecule has 0 aliphatic heterocycles. The minimum absolute atomic E-state index is 0.160. The van der Waals surface area contributed by atoms with E-state index in [1.54, 1.807) is 0 Å². The summed E-state index contributed by atoms with van der Waals surface area (Å²) >= 11 is 0. The molecular formula is C9H13N3O5. The maximum absolute atomic E-state index is 11.2. The van der Waals surface area contributed by atoms with Gasteiger partial charge in [0.2, 0.25) is 0 Å². The van der Waals surface area contributed by atoms with Crippen LogP contribution in [0.25, 0.3) is 0 Å². The van der Waals surface area contributed by atoms with E-state index in [0.29, 0.717) is 13.2 Å². The number of aromatic carboxylic acids is 1. The number of hydrogen-bond acceptors (Lipinski definition) is 6. The lowest BCUT2D eigenvalue weighted by Crippen LogP contribution is -2.16. The van der Waals surface area contributed by atoms with Gasteiger partial charge in [0.25, 0.3) is 0 Å². The molecule has 0 aromatic carbocycles. The zero-order chi connectivity index (χ0) is 12.7. The minimum Gasteiger partial charge on any atom is -0.476 e. The molecular weight excluding hydrogens is 230 g/mol. The van der Waals surface area contributed by atoms with Gasteiger partial charge in [-0.25, -0.2) is 9.48 Å². The van der Waals surface area contributed by atoms with E-state index in [2.05, 4.69) is 10.3 Å². The maximum Gasteiger partial charge on any atom is 0.358 e. The van der Waals surface area contributed by atoms with Crippen molar-refractivity contribution in [1.29, 1.82) is 0 Å². The van der Waals surface area contributed by atoms with Crippen molar-refractivity contribution in [3.63, 3.8) is 0 Å². The second-order valence-electron chi connectivity index (χ2n) is 3.02. The average molecular weight is 243 g/mol. The molecule has 0 unspecified atom stereocenters. The molecule has 8 heteroatoms. The molecule has 0 fully saturated rings. The number of aromatic nitrogens is 3. The first-order valence-electron chi connectivity index (χ1n) is 5.00. The van der Waals surface area contributed by atoms with Crippen LogP contribution in [0.15, 0.2) is 6.20 Å². The fourth-order valence-electron chi connectivity index (χ4n) is 1.01. The van der Waals surface area contributed by atoms with Crippen molar-refractivity contribution < 1.29 is 24.2 Å². The van der Waals surface area contributed by atoms with Crippen molar-refractivity contribution in [1.82, 2.24) is 15.0 Å². The molecule has 0 aliphatic rings. The third-order valence-electron chi connectivity index (χ3n) is 1.74. The number of rotatable bonds is 7. The Morgan fingerprint density at radius 3 is 2.82 bits per heavy atom. The third kappa shape index (κ3) is 4.60. The van der Waals surface area contributed by atoms with Crippen LogP contribution < -0.4 is 0 Å². The van der Waals surface area contributed by atoms with Crippen LogP contribution in [0.1, 0.15) is 17.4 Å². The Kier molecular flexibility index (Phi) is 5.08. The lowest BCUT2D eigenvalue weighted by Gasteiger charge is -2.04. The van der Waals surface area contributed by atoms with Gasteiger partial charge in [0.05, 0.1) is 12.8 Å². The Hall–Kier alpha value is -1.96. The van der Waals surface area contributed by atoms with Crippen LogP contribution >= 0.6 is 0 Å². The quantitative estimate of drug-likeness (QED) is 0.511. The number of hydrogen-bond donors (Lipinski definition) is 1. The highest BCUT2D eigenvalue weighted by Gasteiger charge is 2.11. The summed E-state index contributed by atoms with van der Waals surface area (Å²) in [4.78, 5) is 21.7. The monoisotopic (exact) mass is 243 g/mol. The molecule has 0 radical (unpaired) electrons. The topological polar surface area (TPSA) is 104 Å². The van der Waals surface area contributed by atoms with Crippen molar-refractivity contribution in [2.75, 3.05) is 19.8 Å².